The number of amides is 1. The highest BCUT2D eigenvalue weighted by molar-refractivity contribution is 5.92. The van der Waals surface area contributed by atoms with Gasteiger partial charge in [0.25, 0.3) is 0 Å². The molecule has 1 aromatic heterocycles. The van der Waals surface area contributed by atoms with Gasteiger partial charge in [0, 0.05) is 49.0 Å². The second-order valence-electron chi connectivity index (χ2n) is 6.15. The number of aromatic nitrogens is 1. The normalized spacial score (nSPS) is 16.8. The van der Waals surface area contributed by atoms with Crippen LogP contribution in [0.4, 0.5) is 10.1 Å². The van der Waals surface area contributed by atoms with Crippen LogP contribution >= 0.6 is 0 Å². The molecule has 0 saturated carbocycles. The summed E-state index contributed by atoms with van der Waals surface area (Å²) in [6.07, 6.45) is 1.54. The molecular formula is C19H22FN3O. The zero-order valence-corrected chi connectivity index (χ0v) is 14.1. The number of benzene rings is 1. The van der Waals surface area contributed by atoms with Crippen molar-refractivity contribution in [1.29, 1.82) is 0 Å². The molecule has 126 valence electrons. The van der Waals surface area contributed by atoms with E-state index in [1.54, 1.807) is 4.90 Å². The second kappa shape index (κ2) is 6.99. The first-order chi connectivity index (χ1) is 11.5. The van der Waals surface area contributed by atoms with Crippen LogP contribution in [0.15, 0.2) is 42.5 Å². The first-order valence-corrected chi connectivity index (χ1v) is 8.27. The Morgan fingerprint density at radius 2 is 1.96 bits per heavy atom. The molecule has 1 atom stereocenters. The second-order valence-corrected chi connectivity index (χ2v) is 6.15. The van der Waals surface area contributed by atoms with Crippen molar-refractivity contribution in [2.45, 2.75) is 20.0 Å². The Morgan fingerprint density at radius 1 is 1.25 bits per heavy atom. The molecule has 2 heterocycles. The van der Waals surface area contributed by atoms with Gasteiger partial charge in [0.2, 0.25) is 5.91 Å². The third-order valence-corrected chi connectivity index (χ3v) is 4.26. The van der Waals surface area contributed by atoms with Crippen molar-refractivity contribution < 1.29 is 9.18 Å². The molecule has 0 aliphatic carbocycles. The molecule has 1 fully saturated rings. The van der Waals surface area contributed by atoms with Gasteiger partial charge in [-0.25, -0.2) is 4.39 Å². The number of hydrogen-bond acceptors (Lipinski definition) is 3. The van der Waals surface area contributed by atoms with E-state index < -0.39 is 6.17 Å². The monoisotopic (exact) mass is 327 g/mol. The number of aryl methyl sites for hydroxylation is 1. The van der Waals surface area contributed by atoms with Gasteiger partial charge in [-0.15, -0.1) is 0 Å². The fraction of sp³-hybridized carbons (Fsp3) is 0.368. The van der Waals surface area contributed by atoms with E-state index in [9.17, 15) is 9.18 Å². The molecule has 0 spiro atoms. The summed E-state index contributed by atoms with van der Waals surface area (Å²) in [7, 11) is 0. The average Bonchev–Trinajstić information content (AvgIpc) is 2.59. The minimum absolute atomic E-state index is 0.116. The standard InChI is InChI=1S/C19H22FN3O/c1-14(20)7-8-19(24)23-11-9-22(10-12-23)18-13-15(2)21-17-6-4-3-5-16(17)18/h3-8,13-14H,9-12H2,1-2H3/b8-7+. The summed E-state index contributed by atoms with van der Waals surface area (Å²) in [6, 6.07) is 10.2. The molecule has 1 aromatic carbocycles. The van der Waals surface area contributed by atoms with Crippen LogP contribution in [0.1, 0.15) is 12.6 Å². The Balaban J connectivity index is 1.75. The van der Waals surface area contributed by atoms with E-state index in [0.29, 0.717) is 13.1 Å². The van der Waals surface area contributed by atoms with E-state index in [1.165, 1.54) is 19.1 Å². The van der Waals surface area contributed by atoms with E-state index in [4.69, 9.17) is 0 Å². The van der Waals surface area contributed by atoms with Gasteiger partial charge in [-0.1, -0.05) is 18.2 Å². The number of allylic oxidation sites excluding steroid dienone is 1. The third kappa shape index (κ3) is 3.55. The molecule has 3 rings (SSSR count). The zero-order valence-electron chi connectivity index (χ0n) is 14.1. The lowest BCUT2D eigenvalue weighted by atomic mass is 10.1. The molecule has 2 aromatic rings. The quantitative estimate of drug-likeness (QED) is 0.813. The van der Waals surface area contributed by atoms with Crippen LogP contribution in [0.2, 0.25) is 0 Å². The molecule has 0 bridgehead atoms. The van der Waals surface area contributed by atoms with Crippen molar-refractivity contribution in [2.24, 2.45) is 0 Å². The number of halogens is 1. The largest absolute Gasteiger partial charge is 0.367 e. The lowest BCUT2D eigenvalue weighted by Crippen LogP contribution is -2.48. The minimum Gasteiger partial charge on any atom is -0.367 e. The van der Waals surface area contributed by atoms with Crippen LogP contribution in [0.5, 0.6) is 0 Å². The SMILES string of the molecule is Cc1cc(N2CCN(C(=O)/C=C/C(C)F)CC2)c2ccccc2n1. The lowest BCUT2D eigenvalue weighted by Gasteiger charge is -2.36. The van der Waals surface area contributed by atoms with E-state index >= 15 is 0 Å². The smallest absolute Gasteiger partial charge is 0.246 e. The van der Waals surface area contributed by atoms with E-state index in [0.717, 1.165) is 35.4 Å². The fourth-order valence-corrected chi connectivity index (χ4v) is 3.04. The predicted octanol–water partition coefficient (Wildman–Crippen LogP) is 3.11. The number of carbonyl (C=O) groups is 1. The first-order valence-electron chi connectivity index (χ1n) is 8.27. The number of pyridine rings is 1. The summed E-state index contributed by atoms with van der Waals surface area (Å²) < 4.78 is 12.8. The molecule has 1 unspecified atom stereocenters. The van der Waals surface area contributed by atoms with Gasteiger partial charge in [0.05, 0.1) is 5.52 Å². The van der Waals surface area contributed by atoms with Crippen LogP contribution in [0.25, 0.3) is 10.9 Å². The van der Waals surface area contributed by atoms with E-state index in [2.05, 4.69) is 22.0 Å². The highest BCUT2D eigenvalue weighted by Crippen LogP contribution is 2.27. The molecule has 1 aliphatic heterocycles. The highest BCUT2D eigenvalue weighted by Gasteiger charge is 2.21. The first kappa shape index (κ1) is 16.4. The highest BCUT2D eigenvalue weighted by atomic mass is 19.1. The van der Waals surface area contributed by atoms with Gasteiger partial charge < -0.3 is 9.80 Å². The number of nitrogens with zero attached hydrogens (tertiary/aromatic N) is 3. The number of para-hydroxylation sites is 1. The van der Waals surface area contributed by atoms with Crippen molar-refractivity contribution in [2.75, 3.05) is 31.1 Å². The van der Waals surface area contributed by atoms with Crippen molar-refractivity contribution >= 4 is 22.5 Å². The van der Waals surface area contributed by atoms with E-state index in [1.807, 2.05) is 25.1 Å². The number of rotatable bonds is 3. The predicted molar refractivity (Wildman–Crippen MR) is 95.0 cm³/mol. The zero-order chi connectivity index (χ0) is 17.1. The number of piperazine rings is 1. The van der Waals surface area contributed by atoms with Crippen LogP contribution in [0, 0.1) is 6.92 Å². The Bertz CT molecular complexity index is 764. The van der Waals surface area contributed by atoms with Crippen molar-refractivity contribution in [3.05, 3.63) is 48.2 Å². The maximum Gasteiger partial charge on any atom is 0.246 e. The van der Waals surface area contributed by atoms with Gasteiger partial charge in [0.1, 0.15) is 6.17 Å². The molecule has 24 heavy (non-hydrogen) atoms. The maximum absolute atomic E-state index is 12.8. The van der Waals surface area contributed by atoms with Gasteiger partial charge in [-0.3, -0.25) is 9.78 Å². The summed E-state index contributed by atoms with van der Waals surface area (Å²) in [5.74, 6) is -0.116. The molecule has 5 heteroatoms. The Labute approximate surface area is 141 Å². The topological polar surface area (TPSA) is 36.4 Å². The summed E-state index contributed by atoms with van der Waals surface area (Å²) >= 11 is 0. The summed E-state index contributed by atoms with van der Waals surface area (Å²) in [4.78, 5) is 20.7. The molecular weight excluding hydrogens is 305 g/mol. The van der Waals surface area contributed by atoms with Crippen LogP contribution in [-0.2, 0) is 4.79 Å². The van der Waals surface area contributed by atoms with Crippen LogP contribution in [0.3, 0.4) is 0 Å². The van der Waals surface area contributed by atoms with Crippen LogP contribution < -0.4 is 4.90 Å². The number of carbonyl (C=O) groups excluding carboxylic acids is 1. The van der Waals surface area contributed by atoms with Gasteiger partial charge in [-0.05, 0) is 32.1 Å². The summed E-state index contributed by atoms with van der Waals surface area (Å²) in [6.45, 7) is 6.22. The number of fused-ring (bicyclic) bond motifs is 1. The molecule has 1 saturated heterocycles. The van der Waals surface area contributed by atoms with Gasteiger partial charge in [0.15, 0.2) is 0 Å². The Kier molecular flexibility index (Phi) is 4.79. The Morgan fingerprint density at radius 3 is 2.67 bits per heavy atom. The number of hydrogen-bond donors (Lipinski definition) is 0. The van der Waals surface area contributed by atoms with E-state index in [-0.39, 0.29) is 5.91 Å². The Hall–Kier alpha value is -2.43. The molecule has 4 nitrogen and oxygen atoms in total. The van der Waals surface area contributed by atoms with Crippen LogP contribution in [-0.4, -0.2) is 48.1 Å². The fourth-order valence-electron chi connectivity index (χ4n) is 3.04. The lowest BCUT2D eigenvalue weighted by molar-refractivity contribution is -0.126. The molecule has 1 amide bonds. The number of alkyl halides is 1. The van der Waals surface area contributed by atoms with Gasteiger partial charge >= 0.3 is 0 Å². The van der Waals surface area contributed by atoms with Crippen molar-refractivity contribution in [3.63, 3.8) is 0 Å². The third-order valence-electron chi connectivity index (χ3n) is 4.26. The van der Waals surface area contributed by atoms with Gasteiger partial charge in [-0.2, -0.15) is 0 Å². The summed E-state index contributed by atoms with van der Waals surface area (Å²) in [5.41, 5.74) is 3.14. The molecule has 1 aliphatic rings. The summed E-state index contributed by atoms with van der Waals surface area (Å²) in [5, 5.41) is 1.13. The van der Waals surface area contributed by atoms with Crippen molar-refractivity contribution in [1.82, 2.24) is 9.88 Å². The molecule has 0 radical (unpaired) electrons. The molecule has 0 N–H and O–H groups in total. The minimum atomic E-state index is -1.10. The van der Waals surface area contributed by atoms with Crippen molar-refractivity contribution in [3.8, 4) is 0 Å². The maximum atomic E-state index is 12.8. The number of anilines is 1. The average molecular weight is 327 g/mol.